The van der Waals surface area contributed by atoms with E-state index in [1.165, 1.54) is 11.3 Å². The first kappa shape index (κ1) is 17.9. The molecule has 0 aliphatic carbocycles. The maximum Gasteiger partial charge on any atom is 0.265 e. The Kier molecular flexibility index (Phi) is 5.70. The highest BCUT2D eigenvalue weighted by Crippen LogP contribution is 2.28. The van der Waals surface area contributed by atoms with Crippen molar-refractivity contribution in [3.05, 3.63) is 45.3 Å². The number of hydrogen-bond donors (Lipinski definition) is 1. The quantitative estimate of drug-likeness (QED) is 0.800. The number of amides is 2. The third-order valence-electron chi connectivity index (χ3n) is 4.14. The number of likely N-dealkylation sites (tertiary alicyclic amines) is 1. The molecule has 0 saturated carbocycles. The Morgan fingerprint density at radius 2 is 2.28 bits per heavy atom. The van der Waals surface area contributed by atoms with Crippen LogP contribution in [0.2, 0.25) is 0 Å². The topological polar surface area (TPSA) is 85.5 Å². The van der Waals surface area contributed by atoms with E-state index in [-0.39, 0.29) is 30.3 Å². The van der Waals surface area contributed by atoms with Gasteiger partial charge in [0.1, 0.15) is 16.7 Å². The molecule has 0 radical (unpaired) electrons. The number of thiazole rings is 1. The van der Waals surface area contributed by atoms with Crippen LogP contribution in [0.1, 0.15) is 22.5 Å². The number of hydrogen-bond acceptors (Lipinski definition) is 5. The summed E-state index contributed by atoms with van der Waals surface area (Å²) in [6.45, 7) is 1.02. The minimum Gasteiger partial charge on any atom is -0.490 e. The average molecular weight is 424 g/mol. The number of primary amides is 1. The molecule has 1 aromatic carbocycles. The second kappa shape index (κ2) is 7.97. The Morgan fingerprint density at radius 1 is 1.44 bits per heavy atom. The molecule has 0 spiro atoms. The fraction of sp³-hybridized carbons (Fsp3) is 0.353. The van der Waals surface area contributed by atoms with Crippen LogP contribution in [0.15, 0.2) is 40.4 Å². The molecule has 2 amide bonds. The van der Waals surface area contributed by atoms with Gasteiger partial charge in [0.15, 0.2) is 0 Å². The van der Waals surface area contributed by atoms with Gasteiger partial charge in [-0.3, -0.25) is 14.6 Å². The van der Waals surface area contributed by atoms with Crippen LogP contribution in [0.3, 0.4) is 0 Å². The maximum atomic E-state index is 12.5. The van der Waals surface area contributed by atoms with Gasteiger partial charge in [0.25, 0.3) is 5.91 Å². The molecule has 8 heteroatoms. The second-order valence-corrected chi connectivity index (χ2v) is 7.75. The van der Waals surface area contributed by atoms with Gasteiger partial charge in [-0.15, -0.1) is 11.3 Å². The number of piperidine rings is 1. The van der Waals surface area contributed by atoms with Crippen molar-refractivity contribution >= 4 is 39.1 Å². The van der Waals surface area contributed by atoms with Gasteiger partial charge < -0.3 is 15.4 Å². The zero-order chi connectivity index (χ0) is 17.8. The summed E-state index contributed by atoms with van der Waals surface area (Å²) in [5.41, 5.74) is 7.04. The minimum absolute atomic E-state index is 0.0575. The lowest BCUT2D eigenvalue weighted by atomic mass is 9.91. The standard InChI is InChI=1S/C17H18BrN3O3S/c18-12-2-1-3-13(7-12)24-14-4-5-21(9-11(14)6-16(19)22)17(23)15-8-20-10-25-15/h1-3,7-8,10-11,14H,4-6,9H2,(H2,19,22)/t11-,14-/m0/s1. The molecule has 132 valence electrons. The summed E-state index contributed by atoms with van der Waals surface area (Å²) in [6.07, 6.45) is 2.24. The smallest absolute Gasteiger partial charge is 0.265 e. The number of nitrogens with zero attached hydrogens (tertiary/aromatic N) is 2. The number of ether oxygens (including phenoxy) is 1. The third kappa shape index (κ3) is 4.58. The summed E-state index contributed by atoms with van der Waals surface area (Å²) in [7, 11) is 0. The van der Waals surface area contributed by atoms with Crippen LogP contribution < -0.4 is 10.5 Å². The summed E-state index contributed by atoms with van der Waals surface area (Å²) in [4.78, 5) is 30.3. The van der Waals surface area contributed by atoms with Gasteiger partial charge in [-0.05, 0) is 18.2 Å². The van der Waals surface area contributed by atoms with Crippen LogP contribution in [0.4, 0.5) is 0 Å². The first-order valence-corrected chi connectivity index (χ1v) is 9.58. The van der Waals surface area contributed by atoms with E-state index in [0.717, 1.165) is 10.2 Å². The van der Waals surface area contributed by atoms with Crippen molar-refractivity contribution in [1.29, 1.82) is 0 Å². The van der Waals surface area contributed by atoms with E-state index in [1.54, 1.807) is 16.6 Å². The summed E-state index contributed by atoms with van der Waals surface area (Å²) in [5, 5.41) is 0. The molecule has 1 fully saturated rings. The molecular formula is C17H18BrN3O3S. The Bertz CT molecular complexity index is 753. The largest absolute Gasteiger partial charge is 0.490 e. The Labute approximate surface area is 158 Å². The molecule has 1 saturated heterocycles. The lowest BCUT2D eigenvalue weighted by molar-refractivity contribution is -0.120. The molecule has 0 unspecified atom stereocenters. The van der Waals surface area contributed by atoms with Crippen LogP contribution >= 0.6 is 27.3 Å². The molecule has 25 heavy (non-hydrogen) atoms. The van der Waals surface area contributed by atoms with E-state index in [0.29, 0.717) is 24.4 Å². The van der Waals surface area contributed by atoms with Gasteiger partial charge in [0, 0.05) is 36.3 Å². The van der Waals surface area contributed by atoms with Crippen LogP contribution in [0.25, 0.3) is 0 Å². The number of carbonyl (C=O) groups is 2. The second-order valence-electron chi connectivity index (χ2n) is 5.95. The lowest BCUT2D eigenvalue weighted by Gasteiger charge is -2.38. The number of benzene rings is 1. The highest BCUT2D eigenvalue weighted by Gasteiger charge is 2.34. The minimum atomic E-state index is -0.389. The molecule has 2 heterocycles. The number of rotatable bonds is 5. The Hall–Kier alpha value is -1.93. The maximum absolute atomic E-state index is 12.5. The molecular weight excluding hydrogens is 406 g/mol. The van der Waals surface area contributed by atoms with Gasteiger partial charge in [-0.25, -0.2) is 0 Å². The number of aromatic nitrogens is 1. The SMILES string of the molecule is NC(=O)C[C@H]1CN(C(=O)c2cncs2)CC[C@@H]1Oc1cccc(Br)c1. The predicted octanol–water partition coefficient (Wildman–Crippen LogP) is 2.69. The zero-order valence-electron chi connectivity index (χ0n) is 13.4. The molecule has 2 atom stereocenters. The average Bonchev–Trinajstić information content (AvgIpc) is 3.10. The predicted molar refractivity (Wildman–Crippen MR) is 98.5 cm³/mol. The van der Waals surface area contributed by atoms with Crippen molar-refractivity contribution in [3.8, 4) is 5.75 Å². The fourth-order valence-electron chi connectivity index (χ4n) is 3.00. The first-order valence-electron chi connectivity index (χ1n) is 7.91. The third-order valence-corrected chi connectivity index (χ3v) is 5.40. The van der Waals surface area contributed by atoms with Crippen molar-refractivity contribution < 1.29 is 14.3 Å². The fourth-order valence-corrected chi connectivity index (χ4v) is 3.96. The van der Waals surface area contributed by atoms with Crippen LogP contribution in [-0.2, 0) is 4.79 Å². The van der Waals surface area contributed by atoms with Gasteiger partial charge in [0.2, 0.25) is 5.91 Å². The molecule has 3 rings (SSSR count). The molecule has 0 bridgehead atoms. The van der Waals surface area contributed by atoms with Crippen molar-refractivity contribution in [1.82, 2.24) is 9.88 Å². The highest BCUT2D eigenvalue weighted by molar-refractivity contribution is 9.10. The van der Waals surface area contributed by atoms with Crippen molar-refractivity contribution in [3.63, 3.8) is 0 Å². The summed E-state index contributed by atoms with van der Waals surface area (Å²) < 4.78 is 7.01. The zero-order valence-corrected chi connectivity index (χ0v) is 15.8. The molecule has 1 aliphatic heterocycles. The van der Waals surface area contributed by atoms with Crippen molar-refractivity contribution in [2.45, 2.75) is 18.9 Å². The van der Waals surface area contributed by atoms with Crippen molar-refractivity contribution in [2.75, 3.05) is 13.1 Å². The first-order chi connectivity index (χ1) is 12.0. The monoisotopic (exact) mass is 423 g/mol. The molecule has 1 aromatic heterocycles. The normalized spacial score (nSPS) is 20.3. The van der Waals surface area contributed by atoms with Crippen LogP contribution in [0.5, 0.6) is 5.75 Å². The van der Waals surface area contributed by atoms with Gasteiger partial charge in [0.05, 0.1) is 11.7 Å². The Balaban J connectivity index is 1.72. The number of nitrogens with two attached hydrogens (primary N) is 1. The summed E-state index contributed by atoms with van der Waals surface area (Å²) in [6, 6.07) is 7.58. The molecule has 2 aromatic rings. The van der Waals surface area contributed by atoms with E-state index in [4.69, 9.17) is 10.5 Å². The number of halogens is 1. The Morgan fingerprint density at radius 3 is 2.96 bits per heavy atom. The lowest BCUT2D eigenvalue weighted by Crippen LogP contribution is -2.48. The summed E-state index contributed by atoms with van der Waals surface area (Å²) >= 11 is 4.74. The van der Waals surface area contributed by atoms with E-state index in [1.807, 2.05) is 24.3 Å². The highest BCUT2D eigenvalue weighted by atomic mass is 79.9. The van der Waals surface area contributed by atoms with Gasteiger partial charge in [-0.1, -0.05) is 22.0 Å². The number of carbonyl (C=O) groups excluding carboxylic acids is 2. The van der Waals surface area contributed by atoms with Crippen LogP contribution in [0, 0.1) is 5.92 Å². The van der Waals surface area contributed by atoms with E-state index in [2.05, 4.69) is 20.9 Å². The van der Waals surface area contributed by atoms with Crippen molar-refractivity contribution in [2.24, 2.45) is 11.7 Å². The van der Waals surface area contributed by atoms with Crippen LogP contribution in [-0.4, -0.2) is 40.9 Å². The van der Waals surface area contributed by atoms with E-state index >= 15 is 0 Å². The van der Waals surface area contributed by atoms with E-state index < -0.39 is 0 Å². The molecule has 2 N–H and O–H groups in total. The molecule has 1 aliphatic rings. The summed E-state index contributed by atoms with van der Waals surface area (Å²) in [5.74, 6) is 0.149. The molecule has 6 nitrogen and oxygen atoms in total. The van der Waals surface area contributed by atoms with Gasteiger partial charge in [-0.2, -0.15) is 0 Å². The van der Waals surface area contributed by atoms with E-state index in [9.17, 15) is 9.59 Å². The van der Waals surface area contributed by atoms with Gasteiger partial charge >= 0.3 is 0 Å².